The van der Waals surface area contributed by atoms with Crippen molar-refractivity contribution >= 4 is 33.4 Å². The summed E-state index contributed by atoms with van der Waals surface area (Å²) in [5.41, 5.74) is 1.09. The number of aromatic nitrogens is 3. The van der Waals surface area contributed by atoms with Gasteiger partial charge in [0.1, 0.15) is 0 Å². The minimum Gasteiger partial charge on any atom is -0.338 e. The van der Waals surface area contributed by atoms with Crippen LogP contribution >= 0.6 is 11.3 Å². The van der Waals surface area contributed by atoms with Gasteiger partial charge in [-0.3, -0.25) is 9.69 Å². The third-order valence-electron chi connectivity index (χ3n) is 5.99. The maximum Gasteiger partial charge on any atom is 0.236 e. The summed E-state index contributed by atoms with van der Waals surface area (Å²) in [4.78, 5) is 32.9. The molecule has 0 spiro atoms. The first kappa shape index (κ1) is 19.4. The fourth-order valence-electron chi connectivity index (χ4n) is 4.37. The number of nitrogens with zero attached hydrogens (tertiary/aromatic N) is 6. The van der Waals surface area contributed by atoms with Crippen LogP contribution in [-0.2, 0) is 4.79 Å². The Morgan fingerprint density at radius 3 is 2.63 bits per heavy atom. The van der Waals surface area contributed by atoms with E-state index in [-0.39, 0.29) is 5.91 Å². The topological polar surface area (TPSA) is 65.5 Å². The summed E-state index contributed by atoms with van der Waals surface area (Å²) in [6.07, 6.45) is 5.80. The molecule has 30 heavy (non-hydrogen) atoms. The number of rotatable bonds is 4. The minimum atomic E-state index is 0.230. The number of fused-ring (bicyclic) bond motifs is 1. The van der Waals surface area contributed by atoms with Gasteiger partial charge in [0.25, 0.3) is 0 Å². The van der Waals surface area contributed by atoms with Crippen LogP contribution in [0.2, 0.25) is 0 Å². The van der Waals surface area contributed by atoms with Crippen molar-refractivity contribution in [3.05, 3.63) is 47.7 Å². The van der Waals surface area contributed by atoms with Crippen molar-refractivity contribution in [1.29, 1.82) is 0 Å². The lowest BCUT2D eigenvalue weighted by Crippen LogP contribution is -2.52. The van der Waals surface area contributed by atoms with Crippen LogP contribution in [0.5, 0.6) is 0 Å². The van der Waals surface area contributed by atoms with Crippen LogP contribution in [0.25, 0.3) is 10.2 Å². The van der Waals surface area contributed by atoms with Gasteiger partial charge in [-0.1, -0.05) is 12.1 Å². The third-order valence-corrected chi connectivity index (χ3v) is 7.19. The first-order valence-electron chi connectivity index (χ1n) is 10.6. The number of likely N-dealkylation sites (tertiary alicyclic amines) is 1. The van der Waals surface area contributed by atoms with E-state index in [0.717, 1.165) is 63.6 Å². The Bertz CT molecular complexity index is 968. The number of thiazole rings is 1. The highest BCUT2D eigenvalue weighted by atomic mass is 32.1. The summed E-state index contributed by atoms with van der Waals surface area (Å²) in [5, 5.41) is 1.21. The highest BCUT2D eigenvalue weighted by Gasteiger charge is 2.28. The molecule has 2 saturated heterocycles. The predicted octanol–water partition coefficient (Wildman–Crippen LogP) is 2.61. The first-order chi connectivity index (χ1) is 14.8. The standard InChI is InChI=1S/C22H26N6OS/c29-20(27-11-13-28(14-12-27)22-23-8-4-9-24-22)16-26-10-3-5-17(15-26)21-25-18-6-1-2-7-19(18)30-21/h1-2,4,6-9,17H,3,5,10-16H2/t17-/m0/s1. The molecule has 1 amide bonds. The molecule has 2 aliphatic rings. The molecule has 2 fully saturated rings. The van der Waals surface area contributed by atoms with E-state index in [2.05, 4.69) is 38.0 Å². The van der Waals surface area contributed by atoms with Crippen molar-refractivity contribution in [3.63, 3.8) is 0 Å². The van der Waals surface area contributed by atoms with E-state index in [9.17, 15) is 4.79 Å². The smallest absolute Gasteiger partial charge is 0.236 e. The molecule has 1 aromatic carbocycles. The third kappa shape index (κ3) is 4.15. The summed E-state index contributed by atoms with van der Waals surface area (Å²) in [5.74, 6) is 1.41. The van der Waals surface area contributed by atoms with E-state index in [0.29, 0.717) is 12.5 Å². The summed E-state index contributed by atoms with van der Waals surface area (Å²) in [7, 11) is 0. The highest BCUT2D eigenvalue weighted by molar-refractivity contribution is 7.18. The summed E-state index contributed by atoms with van der Waals surface area (Å²) >= 11 is 1.80. The van der Waals surface area contributed by atoms with Crippen LogP contribution in [0.3, 0.4) is 0 Å². The van der Waals surface area contributed by atoms with E-state index in [1.54, 1.807) is 23.7 Å². The number of piperazine rings is 1. The molecule has 2 aromatic heterocycles. The van der Waals surface area contributed by atoms with E-state index in [1.807, 2.05) is 17.0 Å². The molecule has 5 rings (SSSR count). The molecule has 0 N–H and O–H groups in total. The Morgan fingerprint density at radius 2 is 1.83 bits per heavy atom. The number of hydrogen-bond donors (Lipinski definition) is 0. The second-order valence-corrected chi connectivity index (χ2v) is 9.07. The average molecular weight is 423 g/mol. The number of para-hydroxylation sites is 1. The maximum absolute atomic E-state index is 12.9. The van der Waals surface area contributed by atoms with Gasteiger partial charge >= 0.3 is 0 Å². The Morgan fingerprint density at radius 1 is 1.03 bits per heavy atom. The molecule has 0 aliphatic carbocycles. The number of anilines is 1. The fraction of sp³-hybridized carbons (Fsp3) is 0.455. The first-order valence-corrected chi connectivity index (χ1v) is 11.5. The quantitative estimate of drug-likeness (QED) is 0.644. The zero-order valence-corrected chi connectivity index (χ0v) is 17.8. The van der Waals surface area contributed by atoms with Gasteiger partial charge in [-0.2, -0.15) is 0 Å². The largest absolute Gasteiger partial charge is 0.338 e. The van der Waals surface area contributed by atoms with Gasteiger partial charge < -0.3 is 9.80 Å². The Hall–Kier alpha value is -2.58. The van der Waals surface area contributed by atoms with Gasteiger partial charge in [0.2, 0.25) is 11.9 Å². The molecule has 7 nitrogen and oxygen atoms in total. The summed E-state index contributed by atoms with van der Waals surface area (Å²) in [6, 6.07) is 10.2. The van der Waals surface area contributed by atoms with Gasteiger partial charge in [-0.05, 0) is 37.6 Å². The van der Waals surface area contributed by atoms with Gasteiger partial charge in [0.15, 0.2) is 0 Å². The van der Waals surface area contributed by atoms with Crippen LogP contribution in [0.15, 0.2) is 42.7 Å². The lowest BCUT2D eigenvalue weighted by Gasteiger charge is -2.37. The van der Waals surface area contributed by atoms with E-state index < -0.39 is 0 Å². The van der Waals surface area contributed by atoms with E-state index in [1.165, 1.54) is 9.71 Å². The Kier molecular flexibility index (Phi) is 5.59. The zero-order valence-electron chi connectivity index (χ0n) is 17.0. The highest BCUT2D eigenvalue weighted by Crippen LogP contribution is 2.32. The average Bonchev–Trinajstić information content (AvgIpc) is 3.24. The molecular formula is C22H26N6OS. The fourth-order valence-corrected chi connectivity index (χ4v) is 5.46. The number of amides is 1. The maximum atomic E-state index is 12.9. The van der Waals surface area contributed by atoms with E-state index in [4.69, 9.17) is 4.98 Å². The van der Waals surface area contributed by atoms with Crippen molar-refractivity contribution < 1.29 is 4.79 Å². The van der Waals surface area contributed by atoms with Crippen molar-refractivity contribution in [2.24, 2.45) is 0 Å². The molecule has 4 heterocycles. The van der Waals surface area contributed by atoms with Crippen molar-refractivity contribution in [2.75, 3.05) is 50.7 Å². The Balaban J connectivity index is 1.16. The minimum absolute atomic E-state index is 0.230. The molecule has 156 valence electrons. The predicted molar refractivity (Wildman–Crippen MR) is 119 cm³/mol. The second-order valence-electron chi connectivity index (χ2n) is 8.01. The molecule has 8 heteroatoms. The normalized spacial score (nSPS) is 20.6. The van der Waals surface area contributed by atoms with Crippen molar-refractivity contribution in [2.45, 2.75) is 18.8 Å². The number of piperidine rings is 1. The monoisotopic (exact) mass is 422 g/mol. The van der Waals surface area contributed by atoms with Crippen LogP contribution in [-0.4, -0.2) is 76.5 Å². The lowest BCUT2D eigenvalue weighted by molar-refractivity contribution is -0.133. The number of benzene rings is 1. The van der Waals surface area contributed by atoms with E-state index >= 15 is 0 Å². The van der Waals surface area contributed by atoms with Crippen LogP contribution < -0.4 is 4.90 Å². The molecule has 0 radical (unpaired) electrons. The summed E-state index contributed by atoms with van der Waals surface area (Å²) < 4.78 is 1.25. The SMILES string of the molecule is O=C(CN1CCC[C@H](c2nc3ccccc3s2)C1)N1CCN(c2ncccn2)CC1. The van der Waals surface area contributed by atoms with Gasteiger partial charge in [-0.25, -0.2) is 15.0 Å². The van der Waals surface area contributed by atoms with Crippen molar-refractivity contribution in [1.82, 2.24) is 24.8 Å². The van der Waals surface area contributed by atoms with Crippen LogP contribution in [0.4, 0.5) is 5.95 Å². The summed E-state index contributed by atoms with van der Waals surface area (Å²) in [6.45, 7) is 5.43. The van der Waals surface area contributed by atoms with Crippen molar-refractivity contribution in [3.8, 4) is 0 Å². The zero-order chi connectivity index (χ0) is 20.3. The number of carbonyl (C=O) groups is 1. The molecular weight excluding hydrogens is 396 g/mol. The van der Waals surface area contributed by atoms with Gasteiger partial charge in [0, 0.05) is 51.0 Å². The molecule has 2 aliphatic heterocycles. The van der Waals surface area contributed by atoms with Crippen LogP contribution in [0.1, 0.15) is 23.8 Å². The second kappa shape index (κ2) is 8.65. The van der Waals surface area contributed by atoms with Gasteiger partial charge in [0.05, 0.1) is 21.8 Å². The Labute approximate surface area is 180 Å². The molecule has 0 unspecified atom stereocenters. The number of hydrogen-bond acceptors (Lipinski definition) is 7. The molecule has 3 aromatic rings. The number of carbonyl (C=O) groups excluding carboxylic acids is 1. The molecule has 0 bridgehead atoms. The molecule has 0 saturated carbocycles. The molecule has 1 atom stereocenters. The van der Waals surface area contributed by atoms with Crippen LogP contribution in [0, 0.1) is 0 Å². The lowest BCUT2D eigenvalue weighted by atomic mass is 9.98. The van der Waals surface area contributed by atoms with Gasteiger partial charge in [-0.15, -0.1) is 11.3 Å².